The molecule has 0 saturated heterocycles. The van der Waals surface area contributed by atoms with Crippen molar-refractivity contribution in [1.82, 2.24) is 0 Å². The van der Waals surface area contributed by atoms with Crippen molar-refractivity contribution in [3.63, 3.8) is 0 Å². The number of hydrogen-bond donors (Lipinski definition) is 0. The van der Waals surface area contributed by atoms with Gasteiger partial charge in [0.1, 0.15) is 6.29 Å². The van der Waals surface area contributed by atoms with Gasteiger partial charge in [-0.15, -0.1) is 0 Å². The summed E-state index contributed by atoms with van der Waals surface area (Å²) in [6.45, 7) is 3.88. The minimum absolute atomic E-state index is 0.0650. The molecular weight excluding hydrogens is 152 g/mol. The monoisotopic (exact) mass is 166 g/mol. The predicted molar refractivity (Wildman–Crippen MR) is 46.7 cm³/mol. The van der Waals surface area contributed by atoms with Crippen LogP contribution in [0.4, 0.5) is 0 Å². The first kappa shape index (κ1) is 9.17. The van der Waals surface area contributed by atoms with Crippen LogP contribution in [0.5, 0.6) is 0 Å². The van der Waals surface area contributed by atoms with Crippen LogP contribution in [0.1, 0.15) is 26.7 Å². The summed E-state index contributed by atoms with van der Waals surface area (Å²) in [6.07, 6.45) is 4.09. The summed E-state index contributed by atoms with van der Waals surface area (Å²) in [6, 6.07) is 0. The number of rotatable bonds is 3. The van der Waals surface area contributed by atoms with Gasteiger partial charge < -0.3 is 4.79 Å². The molecule has 0 aromatic carbocycles. The summed E-state index contributed by atoms with van der Waals surface area (Å²) in [5.41, 5.74) is 0.860. The second-order valence-corrected chi connectivity index (χ2v) is 3.42. The minimum atomic E-state index is 0.0650. The van der Waals surface area contributed by atoms with Crippen molar-refractivity contribution in [2.75, 3.05) is 0 Å². The van der Waals surface area contributed by atoms with E-state index in [4.69, 9.17) is 0 Å². The van der Waals surface area contributed by atoms with Gasteiger partial charge in [-0.2, -0.15) is 0 Å². The number of ketones is 1. The molecule has 2 heteroatoms. The van der Waals surface area contributed by atoms with Crippen molar-refractivity contribution in [2.24, 2.45) is 11.8 Å². The van der Waals surface area contributed by atoms with Crippen molar-refractivity contribution in [1.29, 1.82) is 0 Å². The quantitative estimate of drug-likeness (QED) is 0.598. The average Bonchev–Trinajstić information content (AvgIpc) is 2.25. The second kappa shape index (κ2) is 3.65. The number of carbonyl (C=O) groups is 2. The van der Waals surface area contributed by atoms with Gasteiger partial charge in [0.2, 0.25) is 0 Å². The summed E-state index contributed by atoms with van der Waals surface area (Å²) in [5.74, 6) is 0.608. The van der Waals surface area contributed by atoms with Crippen LogP contribution < -0.4 is 0 Å². The fraction of sp³-hybridized carbons (Fsp3) is 0.600. The van der Waals surface area contributed by atoms with Gasteiger partial charge in [-0.3, -0.25) is 4.79 Å². The van der Waals surface area contributed by atoms with Gasteiger partial charge in [0, 0.05) is 12.3 Å². The molecule has 0 fully saturated rings. The molecule has 66 valence electrons. The van der Waals surface area contributed by atoms with E-state index in [0.717, 1.165) is 11.9 Å². The number of Topliss-reactive ketones (excluding diaryl/α,β-unsaturated/α-hetero) is 1. The van der Waals surface area contributed by atoms with Crippen molar-refractivity contribution < 1.29 is 9.59 Å². The highest BCUT2D eigenvalue weighted by molar-refractivity contribution is 5.99. The molecule has 1 rings (SSSR count). The largest absolute Gasteiger partial charge is 0.303 e. The van der Waals surface area contributed by atoms with Gasteiger partial charge in [0.25, 0.3) is 0 Å². The van der Waals surface area contributed by atoms with E-state index in [1.54, 1.807) is 0 Å². The van der Waals surface area contributed by atoms with Gasteiger partial charge in [-0.05, 0) is 24.8 Å². The smallest absolute Gasteiger partial charge is 0.161 e. The summed E-state index contributed by atoms with van der Waals surface area (Å²) < 4.78 is 0. The zero-order chi connectivity index (χ0) is 9.14. The topological polar surface area (TPSA) is 34.1 Å². The van der Waals surface area contributed by atoms with E-state index in [-0.39, 0.29) is 11.7 Å². The highest BCUT2D eigenvalue weighted by atomic mass is 16.1. The lowest BCUT2D eigenvalue weighted by Gasteiger charge is -2.11. The molecule has 0 N–H and O–H groups in total. The molecule has 2 unspecified atom stereocenters. The summed E-state index contributed by atoms with van der Waals surface area (Å²) in [4.78, 5) is 21.6. The zero-order valence-electron chi connectivity index (χ0n) is 7.54. The molecule has 0 heterocycles. The molecule has 0 spiro atoms. The molecule has 0 saturated carbocycles. The predicted octanol–water partition coefficient (Wildman–Crippen LogP) is 1.75. The summed E-state index contributed by atoms with van der Waals surface area (Å²) in [7, 11) is 0. The van der Waals surface area contributed by atoms with Crippen molar-refractivity contribution in [2.45, 2.75) is 26.7 Å². The number of aldehydes is 1. The Bertz CT molecular complexity index is 228. The Morgan fingerprint density at radius 2 is 2.25 bits per heavy atom. The Labute approximate surface area is 72.7 Å². The van der Waals surface area contributed by atoms with Crippen molar-refractivity contribution in [3.05, 3.63) is 11.6 Å². The van der Waals surface area contributed by atoms with Crippen molar-refractivity contribution >= 4 is 12.1 Å². The molecule has 1 aliphatic carbocycles. The molecule has 2 atom stereocenters. The van der Waals surface area contributed by atoms with Crippen LogP contribution in [-0.2, 0) is 9.59 Å². The summed E-state index contributed by atoms with van der Waals surface area (Å²) in [5, 5.41) is 0. The Balaban J connectivity index is 2.57. The van der Waals surface area contributed by atoms with E-state index in [9.17, 15) is 9.59 Å². The third-order valence-corrected chi connectivity index (χ3v) is 2.47. The van der Waals surface area contributed by atoms with E-state index in [1.165, 1.54) is 0 Å². The Morgan fingerprint density at radius 3 is 2.67 bits per heavy atom. The van der Waals surface area contributed by atoms with Gasteiger partial charge in [0.15, 0.2) is 5.78 Å². The molecule has 1 aliphatic rings. The van der Waals surface area contributed by atoms with E-state index in [1.807, 2.05) is 19.9 Å². The Hall–Kier alpha value is -0.920. The first-order valence-corrected chi connectivity index (χ1v) is 4.33. The van der Waals surface area contributed by atoms with E-state index >= 15 is 0 Å². The number of carbonyl (C=O) groups excluding carboxylic acids is 2. The maximum absolute atomic E-state index is 11.4. The Kier molecular flexibility index (Phi) is 2.79. The highest BCUT2D eigenvalue weighted by Crippen LogP contribution is 2.29. The lowest BCUT2D eigenvalue weighted by atomic mass is 9.91. The van der Waals surface area contributed by atoms with Gasteiger partial charge >= 0.3 is 0 Å². The van der Waals surface area contributed by atoms with E-state index < -0.39 is 0 Å². The molecule has 0 bridgehead atoms. The third kappa shape index (κ3) is 1.63. The molecule has 0 radical (unpaired) electrons. The van der Waals surface area contributed by atoms with Crippen LogP contribution in [-0.4, -0.2) is 12.1 Å². The Morgan fingerprint density at radius 1 is 1.58 bits per heavy atom. The first-order valence-electron chi connectivity index (χ1n) is 4.33. The standard InChI is InChI=1S/C10H14O2/c1-7-6-8(2)10(12)9(7)4-3-5-11/h5-7,9H,3-4H2,1-2H3. The van der Waals surface area contributed by atoms with E-state index in [0.29, 0.717) is 18.8 Å². The average molecular weight is 166 g/mol. The molecule has 0 amide bonds. The van der Waals surface area contributed by atoms with Crippen LogP contribution in [0.2, 0.25) is 0 Å². The lowest BCUT2D eigenvalue weighted by molar-refractivity contribution is -0.119. The van der Waals surface area contributed by atoms with Crippen LogP contribution in [0.15, 0.2) is 11.6 Å². The molecule has 2 nitrogen and oxygen atoms in total. The number of allylic oxidation sites excluding steroid dienone is 2. The SMILES string of the molecule is CC1=CC(C)C(CCC=O)C1=O. The van der Waals surface area contributed by atoms with Gasteiger partial charge in [0.05, 0.1) is 0 Å². The maximum Gasteiger partial charge on any atom is 0.161 e. The van der Waals surface area contributed by atoms with Crippen molar-refractivity contribution in [3.8, 4) is 0 Å². The number of hydrogen-bond acceptors (Lipinski definition) is 2. The summed E-state index contributed by atoms with van der Waals surface area (Å²) >= 11 is 0. The molecule has 0 aromatic rings. The van der Waals surface area contributed by atoms with E-state index in [2.05, 4.69) is 0 Å². The molecular formula is C10H14O2. The normalized spacial score (nSPS) is 28.8. The molecule has 0 aromatic heterocycles. The highest BCUT2D eigenvalue weighted by Gasteiger charge is 2.29. The van der Waals surface area contributed by atoms with Crippen LogP contribution in [0.25, 0.3) is 0 Å². The van der Waals surface area contributed by atoms with Crippen LogP contribution in [0.3, 0.4) is 0 Å². The van der Waals surface area contributed by atoms with Gasteiger partial charge in [-0.25, -0.2) is 0 Å². The third-order valence-electron chi connectivity index (χ3n) is 2.47. The van der Waals surface area contributed by atoms with Gasteiger partial charge in [-0.1, -0.05) is 13.0 Å². The zero-order valence-corrected chi connectivity index (χ0v) is 7.54. The maximum atomic E-state index is 11.4. The first-order chi connectivity index (χ1) is 5.66. The fourth-order valence-electron chi connectivity index (χ4n) is 1.77. The van der Waals surface area contributed by atoms with Crippen LogP contribution >= 0.6 is 0 Å². The van der Waals surface area contributed by atoms with Crippen LogP contribution in [0, 0.1) is 11.8 Å². The lowest BCUT2D eigenvalue weighted by Crippen LogP contribution is -2.14. The molecule has 0 aliphatic heterocycles. The fourth-order valence-corrected chi connectivity index (χ4v) is 1.77. The molecule has 12 heavy (non-hydrogen) atoms. The minimum Gasteiger partial charge on any atom is -0.303 e. The second-order valence-electron chi connectivity index (χ2n) is 3.42.